The molecule has 0 spiro atoms. The molecule has 0 radical (unpaired) electrons. The van der Waals surface area contributed by atoms with Gasteiger partial charge in [-0.25, -0.2) is 0 Å². The van der Waals surface area contributed by atoms with Crippen LogP contribution in [0, 0.1) is 0 Å². The van der Waals surface area contributed by atoms with Gasteiger partial charge < -0.3 is 10.2 Å². The first-order valence-electron chi connectivity index (χ1n) is 6.72. The van der Waals surface area contributed by atoms with E-state index in [1.54, 1.807) is 0 Å². The average Bonchev–Trinajstić information content (AvgIpc) is 2.43. The lowest BCUT2D eigenvalue weighted by molar-refractivity contribution is -0.142. The summed E-state index contributed by atoms with van der Waals surface area (Å²) in [5.41, 5.74) is 1.08. The van der Waals surface area contributed by atoms with Crippen LogP contribution in [0.5, 0.6) is 0 Å². The number of hydrogen-bond acceptors (Lipinski definition) is 3. The van der Waals surface area contributed by atoms with E-state index in [1.165, 1.54) is 6.92 Å². The molecule has 0 aliphatic heterocycles. The maximum atomic E-state index is 11.3. The van der Waals surface area contributed by atoms with Crippen LogP contribution in [0.2, 0.25) is 0 Å². The normalized spacial score (nSPS) is 15.3. The van der Waals surface area contributed by atoms with Gasteiger partial charge in [-0.2, -0.15) is 0 Å². The first kappa shape index (κ1) is 16.2. The molecule has 5 heteroatoms. The van der Waals surface area contributed by atoms with Crippen molar-refractivity contribution in [1.82, 2.24) is 5.32 Å². The summed E-state index contributed by atoms with van der Waals surface area (Å²) in [5.74, 6) is -1.98. The molecule has 0 bridgehead atoms. The molecule has 1 aromatic rings. The van der Waals surface area contributed by atoms with Gasteiger partial charge in [0.15, 0.2) is 0 Å². The smallest absolute Gasteiger partial charge is 0.320 e. The number of carboxylic acids is 2. The zero-order valence-corrected chi connectivity index (χ0v) is 11.7. The fourth-order valence-electron chi connectivity index (χ4n) is 2.16. The SMILES string of the molecule is CCC(CC(NC(C)C(=O)O)C(=O)O)c1ccccc1. The maximum absolute atomic E-state index is 11.3. The minimum atomic E-state index is -1.05. The predicted molar refractivity (Wildman–Crippen MR) is 75.7 cm³/mol. The van der Waals surface area contributed by atoms with Crippen LogP contribution in [0.3, 0.4) is 0 Å². The highest BCUT2D eigenvalue weighted by Gasteiger charge is 2.26. The first-order chi connectivity index (χ1) is 9.45. The van der Waals surface area contributed by atoms with Gasteiger partial charge in [0, 0.05) is 0 Å². The van der Waals surface area contributed by atoms with Crippen LogP contribution < -0.4 is 5.32 Å². The molecule has 0 amide bonds. The fraction of sp³-hybridized carbons (Fsp3) is 0.467. The van der Waals surface area contributed by atoms with Crippen molar-refractivity contribution in [2.24, 2.45) is 0 Å². The molecule has 0 saturated heterocycles. The van der Waals surface area contributed by atoms with E-state index in [9.17, 15) is 14.7 Å². The van der Waals surface area contributed by atoms with Crippen molar-refractivity contribution in [2.75, 3.05) is 0 Å². The van der Waals surface area contributed by atoms with E-state index in [4.69, 9.17) is 5.11 Å². The van der Waals surface area contributed by atoms with Crippen LogP contribution >= 0.6 is 0 Å². The molecule has 0 aliphatic rings. The highest BCUT2D eigenvalue weighted by molar-refractivity contribution is 5.77. The predicted octanol–water partition coefficient (Wildman–Crippen LogP) is 2.09. The van der Waals surface area contributed by atoms with Crippen molar-refractivity contribution in [2.45, 2.75) is 44.7 Å². The van der Waals surface area contributed by atoms with Crippen LogP contribution in [0.25, 0.3) is 0 Å². The summed E-state index contributed by atoms with van der Waals surface area (Å²) in [6.45, 7) is 3.44. The topological polar surface area (TPSA) is 86.6 Å². The third-order valence-corrected chi connectivity index (χ3v) is 3.40. The number of nitrogens with one attached hydrogen (secondary N) is 1. The molecule has 5 nitrogen and oxygen atoms in total. The number of carbonyl (C=O) groups is 2. The van der Waals surface area contributed by atoms with Crippen molar-refractivity contribution in [1.29, 1.82) is 0 Å². The minimum Gasteiger partial charge on any atom is -0.480 e. The van der Waals surface area contributed by atoms with E-state index in [0.717, 1.165) is 12.0 Å². The molecule has 3 N–H and O–H groups in total. The van der Waals surface area contributed by atoms with Gasteiger partial charge in [0.25, 0.3) is 0 Å². The van der Waals surface area contributed by atoms with E-state index in [1.807, 2.05) is 37.3 Å². The first-order valence-corrected chi connectivity index (χ1v) is 6.72. The van der Waals surface area contributed by atoms with Crippen molar-refractivity contribution >= 4 is 11.9 Å². The molecule has 0 aromatic heterocycles. The van der Waals surface area contributed by atoms with Crippen molar-refractivity contribution in [3.8, 4) is 0 Å². The third-order valence-electron chi connectivity index (χ3n) is 3.40. The van der Waals surface area contributed by atoms with Gasteiger partial charge in [-0.3, -0.25) is 14.9 Å². The number of benzene rings is 1. The molecule has 0 aliphatic carbocycles. The molecular formula is C15H21NO4. The second-order valence-electron chi connectivity index (χ2n) is 4.87. The summed E-state index contributed by atoms with van der Waals surface area (Å²) in [6.07, 6.45) is 1.17. The quantitative estimate of drug-likeness (QED) is 0.678. The standard InChI is InChI=1S/C15H21NO4/c1-3-11(12-7-5-4-6-8-12)9-13(15(19)20)16-10(2)14(17)18/h4-8,10-11,13,16H,3,9H2,1-2H3,(H,17,18)(H,19,20). The Hall–Kier alpha value is -1.88. The molecule has 1 rings (SSSR count). The Morgan fingerprint density at radius 2 is 1.75 bits per heavy atom. The number of carboxylic acid groups (broad SMARTS) is 2. The zero-order valence-electron chi connectivity index (χ0n) is 11.7. The molecule has 110 valence electrons. The molecular weight excluding hydrogens is 258 g/mol. The summed E-state index contributed by atoms with van der Waals surface area (Å²) in [4.78, 5) is 22.1. The van der Waals surface area contributed by atoms with Gasteiger partial charge in [0.05, 0.1) is 0 Å². The summed E-state index contributed by atoms with van der Waals surface area (Å²) < 4.78 is 0. The van der Waals surface area contributed by atoms with Crippen LogP contribution in [0.1, 0.15) is 38.2 Å². The lowest BCUT2D eigenvalue weighted by Gasteiger charge is -2.23. The molecule has 3 atom stereocenters. The Labute approximate surface area is 118 Å². The van der Waals surface area contributed by atoms with Crippen LogP contribution in [-0.2, 0) is 9.59 Å². The summed E-state index contributed by atoms with van der Waals surface area (Å²) >= 11 is 0. The van der Waals surface area contributed by atoms with Gasteiger partial charge in [0.2, 0.25) is 0 Å². The number of hydrogen-bond donors (Lipinski definition) is 3. The zero-order chi connectivity index (χ0) is 15.1. The molecule has 0 heterocycles. The Morgan fingerprint density at radius 1 is 1.15 bits per heavy atom. The lowest BCUT2D eigenvalue weighted by Crippen LogP contribution is -2.46. The van der Waals surface area contributed by atoms with Gasteiger partial charge in [-0.1, -0.05) is 37.3 Å². The van der Waals surface area contributed by atoms with Crippen LogP contribution in [-0.4, -0.2) is 34.2 Å². The van der Waals surface area contributed by atoms with E-state index in [0.29, 0.717) is 6.42 Å². The van der Waals surface area contributed by atoms with Gasteiger partial charge in [0.1, 0.15) is 12.1 Å². The third kappa shape index (κ3) is 4.66. The van der Waals surface area contributed by atoms with E-state index < -0.39 is 24.0 Å². The highest BCUT2D eigenvalue weighted by Crippen LogP contribution is 2.24. The van der Waals surface area contributed by atoms with Crippen molar-refractivity contribution in [3.63, 3.8) is 0 Å². The molecule has 20 heavy (non-hydrogen) atoms. The van der Waals surface area contributed by atoms with E-state index >= 15 is 0 Å². The van der Waals surface area contributed by atoms with Crippen LogP contribution in [0.4, 0.5) is 0 Å². The second kappa shape index (κ2) is 7.65. The summed E-state index contributed by atoms with van der Waals surface area (Å²) in [5, 5.41) is 20.8. The van der Waals surface area contributed by atoms with E-state index in [2.05, 4.69) is 5.32 Å². The minimum absolute atomic E-state index is 0.0887. The van der Waals surface area contributed by atoms with E-state index in [-0.39, 0.29) is 5.92 Å². The number of aliphatic carboxylic acids is 2. The average molecular weight is 279 g/mol. The van der Waals surface area contributed by atoms with Crippen LogP contribution in [0.15, 0.2) is 30.3 Å². The Kier molecular flexibility index (Phi) is 6.18. The second-order valence-corrected chi connectivity index (χ2v) is 4.87. The summed E-state index contributed by atoms with van der Waals surface area (Å²) in [6, 6.07) is 7.93. The Balaban J connectivity index is 2.78. The largest absolute Gasteiger partial charge is 0.480 e. The highest BCUT2D eigenvalue weighted by atomic mass is 16.4. The Morgan fingerprint density at radius 3 is 2.20 bits per heavy atom. The van der Waals surface area contributed by atoms with Crippen molar-refractivity contribution in [3.05, 3.63) is 35.9 Å². The monoisotopic (exact) mass is 279 g/mol. The lowest BCUT2D eigenvalue weighted by atomic mass is 9.89. The molecule has 1 aromatic carbocycles. The molecule has 3 unspecified atom stereocenters. The maximum Gasteiger partial charge on any atom is 0.320 e. The molecule has 0 saturated carbocycles. The molecule has 0 fully saturated rings. The number of rotatable bonds is 8. The van der Waals surface area contributed by atoms with Gasteiger partial charge >= 0.3 is 11.9 Å². The van der Waals surface area contributed by atoms with Gasteiger partial charge in [-0.05, 0) is 31.2 Å². The summed E-state index contributed by atoms with van der Waals surface area (Å²) in [7, 11) is 0. The fourth-order valence-corrected chi connectivity index (χ4v) is 2.16. The van der Waals surface area contributed by atoms with Crippen molar-refractivity contribution < 1.29 is 19.8 Å². The van der Waals surface area contributed by atoms with Gasteiger partial charge in [-0.15, -0.1) is 0 Å². The Bertz CT molecular complexity index is 446.